The van der Waals surface area contributed by atoms with E-state index in [1.54, 1.807) is 5.01 Å². The Morgan fingerprint density at radius 3 is 2.71 bits per heavy atom. The number of nitrogen functional groups attached to an aromatic ring is 1. The molecule has 118 valence electrons. The number of morpholine rings is 1. The van der Waals surface area contributed by atoms with Crippen LogP contribution < -0.4 is 16.5 Å². The Morgan fingerprint density at radius 2 is 2.00 bits per heavy atom. The molecule has 1 aromatic heterocycles. The molecule has 1 saturated heterocycles. The second-order valence-electron chi connectivity index (χ2n) is 5.23. The molecule has 0 aliphatic carbocycles. The van der Waals surface area contributed by atoms with Gasteiger partial charge in [0, 0.05) is 33.7 Å². The van der Waals surface area contributed by atoms with Gasteiger partial charge < -0.3 is 21.2 Å². The second-order valence-corrected chi connectivity index (χ2v) is 5.23. The summed E-state index contributed by atoms with van der Waals surface area (Å²) in [5.41, 5.74) is 9.64. The van der Waals surface area contributed by atoms with Crippen LogP contribution in [0.2, 0.25) is 0 Å². The molecule has 1 aliphatic rings. The molecule has 0 radical (unpaired) electrons. The smallest absolute Gasteiger partial charge is 0.169 e. The molecule has 8 heteroatoms. The van der Waals surface area contributed by atoms with Gasteiger partial charge in [0.05, 0.1) is 13.2 Å². The molecule has 2 rings (SSSR count). The van der Waals surface area contributed by atoms with Gasteiger partial charge in [-0.15, -0.1) is 0 Å². The number of anilines is 3. The fraction of sp³-hybridized carbons (Fsp3) is 0.692. The van der Waals surface area contributed by atoms with Crippen LogP contribution in [0.3, 0.4) is 0 Å². The van der Waals surface area contributed by atoms with Crippen molar-refractivity contribution < 1.29 is 4.74 Å². The summed E-state index contributed by atoms with van der Waals surface area (Å²) in [6.45, 7) is 5.61. The van der Waals surface area contributed by atoms with Crippen molar-refractivity contribution in [3.05, 3.63) is 6.33 Å². The highest BCUT2D eigenvalue weighted by Crippen LogP contribution is 2.22. The minimum Gasteiger partial charge on any atom is -0.393 e. The van der Waals surface area contributed by atoms with Crippen molar-refractivity contribution in [1.82, 2.24) is 19.9 Å². The SMILES string of the molecule is CN(C)Nc1ncnc(NCCCN2CCOCC2)c1N. The summed E-state index contributed by atoms with van der Waals surface area (Å²) >= 11 is 0. The zero-order chi connectivity index (χ0) is 15.1. The lowest BCUT2D eigenvalue weighted by molar-refractivity contribution is 0.0378. The molecule has 21 heavy (non-hydrogen) atoms. The highest BCUT2D eigenvalue weighted by molar-refractivity contribution is 5.73. The molecule has 0 atom stereocenters. The first-order valence-electron chi connectivity index (χ1n) is 7.25. The lowest BCUT2D eigenvalue weighted by Gasteiger charge is -2.26. The number of rotatable bonds is 7. The van der Waals surface area contributed by atoms with Crippen LogP contribution in [0.25, 0.3) is 0 Å². The summed E-state index contributed by atoms with van der Waals surface area (Å²) in [6.07, 6.45) is 2.55. The Labute approximate surface area is 125 Å². The zero-order valence-electron chi connectivity index (χ0n) is 12.8. The molecule has 1 aliphatic heterocycles. The van der Waals surface area contributed by atoms with E-state index in [1.165, 1.54) is 6.33 Å². The summed E-state index contributed by atoms with van der Waals surface area (Å²) < 4.78 is 5.33. The third-order valence-corrected chi connectivity index (χ3v) is 3.26. The fourth-order valence-corrected chi connectivity index (χ4v) is 2.17. The van der Waals surface area contributed by atoms with Gasteiger partial charge in [0.2, 0.25) is 0 Å². The minimum atomic E-state index is 0.539. The van der Waals surface area contributed by atoms with E-state index in [2.05, 4.69) is 25.6 Å². The number of nitrogens with one attached hydrogen (secondary N) is 2. The van der Waals surface area contributed by atoms with E-state index in [4.69, 9.17) is 10.5 Å². The predicted octanol–water partition coefficient (Wildman–Crippen LogP) is 0.0815. The molecule has 0 spiro atoms. The summed E-state index contributed by atoms with van der Waals surface area (Å²) in [7, 11) is 3.77. The number of ether oxygens (including phenoxy) is 1. The zero-order valence-corrected chi connectivity index (χ0v) is 12.8. The van der Waals surface area contributed by atoms with E-state index in [9.17, 15) is 0 Å². The van der Waals surface area contributed by atoms with Gasteiger partial charge in [-0.1, -0.05) is 0 Å². The molecular weight excluding hydrogens is 270 g/mol. The predicted molar refractivity (Wildman–Crippen MR) is 84.1 cm³/mol. The number of nitrogens with zero attached hydrogens (tertiary/aromatic N) is 4. The van der Waals surface area contributed by atoms with Gasteiger partial charge in [-0.2, -0.15) is 0 Å². The molecule has 2 heterocycles. The van der Waals surface area contributed by atoms with E-state index in [0.29, 0.717) is 17.3 Å². The van der Waals surface area contributed by atoms with Crippen molar-refractivity contribution in [2.45, 2.75) is 6.42 Å². The van der Waals surface area contributed by atoms with Crippen LogP contribution in [0.1, 0.15) is 6.42 Å². The van der Waals surface area contributed by atoms with E-state index < -0.39 is 0 Å². The van der Waals surface area contributed by atoms with Crippen LogP contribution in [-0.4, -0.2) is 73.4 Å². The van der Waals surface area contributed by atoms with Gasteiger partial charge in [-0.3, -0.25) is 4.90 Å². The summed E-state index contributed by atoms with van der Waals surface area (Å²) in [5, 5.41) is 5.07. The molecule has 8 nitrogen and oxygen atoms in total. The van der Waals surface area contributed by atoms with E-state index in [1.807, 2.05) is 14.1 Å². The first-order valence-corrected chi connectivity index (χ1v) is 7.25. The Morgan fingerprint density at radius 1 is 1.29 bits per heavy atom. The maximum Gasteiger partial charge on any atom is 0.169 e. The van der Waals surface area contributed by atoms with Crippen LogP contribution in [-0.2, 0) is 4.74 Å². The number of nitrogens with two attached hydrogens (primary N) is 1. The van der Waals surface area contributed by atoms with Crippen LogP contribution in [0, 0.1) is 0 Å². The molecule has 1 aromatic rings. The van der Waals surface area contributed by atoms with E-state index >= 15 is 0 Å². The lowest BCUT2D eigenvalue weighted by Crippen LogP contribution is -2.37. The van der Waals surface area contributed by atoms with Crippen molar-refractivity contribution in [3.63, 3.8) is 0 Å². The lowest BCUT2D eigenvalue weighted by atomic mass is 10.3. The average Bonchev–Trinajstić information content (AvgIpc) is 2.48. The summed E-state index contributed by atoms with van der Waals surface area (Å²) in [6, 6.07) is 0. The minimum absolute atomic E-state index is 0.539. The fourth-order valence-electron chi connectivity index (χ4n) is 2.17. The van der Waals surface area contributed by atoms with Crippen LogP contribution in [0.4, 0.5) is 17.3 Å². The Bertz CT molecular complexity index is 435. The topological polar surface area (TPSA) is 91.6 Å². The molecular formula is C13H25N7O. The van der Waals surface area contributed by atoms with Gasteiger partial charge in [0.1, 0.15) is 12.0 Å². The van der Waals surface area contributed by atoms with Crippen molar-refractivity contribution in [1.29, 1.82) is 0 Å². The number of hydrogen-bond acceptors (Lipinski definition) is 8. The Kier molecular flexibility index (Phi) is 5.97. The van der Waals surface area contributed by atoms with Gasteiger partial charge >= 0.3 is 0 Å². The summed E-state index contributed by atoms with van der Waals surface area (Å²) in [5.74, 6) is 1.29. The van der Waals surface area contributed by atoms with Crippen LogP contribution in [0.15, 0.2) is 6.33 Å². The normalized spacial score (nSPS) is 16.1. The quantitative estimate of drug-likeness (QED) is 0.481. The number of hydrogen-bond donors (Lipinski definition) is 3. The van der Waals surface area contributed by atoms with Crippen molar-refractivity contribution >= 4 is 17.3 Å². The third kappa shape index (κ3) is 5.00. The molecule has 0 amide bonds. The van der Waals surface area contributed by atoms with Gasteiger partial charge in [-0.05, 0) is 13.0 Å². The van der Waals surface area contributed by atoms with Gasteiger partial charge in [0.25, 0.3) is 0 Å². The van der Waals surface area contributed by atoms with Crippen molar-refractivity contribution in [3.8, 4) is 0 Å². The first-order chi connectivity index (χ1) is 10.2. The van der Waals surface area contributed by atoms with E-state index in [-0.39, 0.29) is 0 Å². The molecule has 1 fully saturated rings. The highest BCUT2D eigenvalue weighted by atomic mass is 16.5. The van der Waals surface area contributed by atoms with Crippen LogP contribution >= 0.6 is 0 Å². The second kappa shape index (κ2) is 7.96. The standard InChI is InChI=1S/C13H25N7O/c1-19(2)18-13-11(14)12(16-10-17-13)15-4-3-5-20-6-8-21-9-7-20/h10H,3-9,14H2,1-2H3,(H2,15,16,17,18). The Hall–Kier alpha value is -1.64. The highest BCUT2D eigenvalue weighted by Gasteiger charge is 2.10. The first kappa shape index (κ1) is 15.7. The molecule has 0 bridgehead atoms. The molecule has 0 unspecified atom stereocenters. The molecule has 0 saturated carbocycles. The van der Waals surface area contributed by atoms with E-state index in [0.717, 1.165) is 45.8 Å². The van der Waals surface area contributed by atoms with Crippen LogP contribution in [0.5, 0.6) is 0 Å². The van der Waals surface area contributed by atoms with Crippen molar-refractivity contribution in [2.24, 2.45) is 0 Å². The largest absolute Gasteiger partial charge is 0.393 e. The monoisotopic (exact) mass is 295 g/mol. The molecule has 0 aromatic carbocycles. The van der Waals surface area contributed by atoms with Gasteiger partial charge in [-0.25, -0.2) is 15.0 Å². The Balaban J connectivity index is 1.77. The third-order valence-electron chi connectivity index (χ3n) is 3.26. The summed E-state index contributed by atoms with van der Waals surface area (Å²) in [4.78, 5) is 10.7. The van der Waals surface area contributed by atoms with Gasteiger partial charge in [0.15, 0.2) is 11.6 Å². The molecule has 4 N–H and O–H groups in total. The maximum absolute atomic E-state index is 6.05. The number of hydrazine groups is 1. The van der Waals surface area contributed by atoms with Crippen molar-refractivity contribution in [2.75, 3.05) is 70.0 Å². The average molecular weight is 295 g/mol. The maximum atomic E-state index is 6.05. The number of aromatic nitrogens is 2.